The summed E-state index contributed by atoms with van der Waals surface area (Å²) in [5.74, 6) is -0.336. The standard InChI is InChI=1S/C49H94NO7P/c1-3-5-7-9-11-13-15-17-19-21-22-23-24-25-27-29-31-33-35-37-39-41-44-54-46-48(47-56-58(52,53)55-45-43-50)57-49(51)42-40-38-36-34-32-30-28-26-20-18-16-14-12-10-8-6-4-2/h12,14,18,20-22,48H,3-11,13,15-17,19,23-47,50H2,1-2H3,(H,52,53)/b14-12-,20-18-,22-21-. The van der Waals surface area contributed by atoms with Gasteiger partial charge in [0.2, 0.25) is 0 Å². The normalized spacial score (nSPS) is 13.7. The van der Waals surface area contributed by atoms with E-state index in [2.05, 4.69) is 50.3 Å². The molecule has 0 aromatic heterocycles. The zero-order valence-corrected chi connectivity index (χ0v) is 38.9. The molecule has 342 valence electrons. The number of hydrogen-bond donors (Lipinski definition) is 2. The van der Waals surface area contributed by atoms with Gasteiger partial charge in [-0.15, -0.1) is 0 Å². The van der Waals surface area contributed by atoms with Crippen molar-refractivity contribution in [2.24, 2.45) is 5.73 Å². The lowest BCUT2D eigenvalue weighted by molar-refractivity contribution is -0.154. The smallest absolute Gasteiger partial charge is 0.457 e. The Hall–Kier alpha value is -1.28. The van der Waals surface area contributed by atoms with Crippen molar-refractivity contribution in [3.63, 3.8) is 0 Å². The van der Waals surface area contributed by atoms with Gasteiger partial charge < -0.3 is 20.1 Å². The van der Waals surface area contributed by atoms with Crippen molar-refractivity contribution in [2.75, 3.05) is 33.0 Å². The molecule has 8 nitrogen and oxygen atoms in total. The SMILES string of the molecule is CCCCC/C=C\C/C=C\CCCCCCCCCC(=O)OC(COCCCCCCCCCCCC/C=C\CCCCCCCCCC)COP(=O)(O)OCCN. The van der Waals surface area contributed by atoms with Crippen molar-refractivity contribution < 1.29 is 32.8 Å². The second kappa shape index (κ2) is 46.8. The van der Waals surface area contributed by atoms with Gasteiger partial charge in [-0.3, -0.25) is 13.8 Å². The predicted molar refractivity (Wildman–Crippen MR) is 247 cm³/mol. The van der Waals surface area contributed by atoms with Gasteiger partial charge in [-0.2, -0.15) is 0 Å². The number of carbonyl (C=O) groups excluding carboxylic acids is 1. The Morgan fingerprint density at radius 3 is 1.40 bits per heavy atom. The number of nitrogens with two attached hydrogens (primary N) is 1. The van der Waals surface area contributed by atoms with Crippen LogP contribution in [-0.4, -0.2) is 49.9 Å². The number of ether oxygens (including phenoxy) is 2. The first kappa shape index (κ1) is 56.7. The van der Waals surface area contributed by atoms with E-state index in [1.54, 1.807) is 0 Å². The number of hydrogen-bond acceptors (Lipinski definition) is 7. The highest BCUT2D eigenvalue weighted by Crippen LogP contribution is 2.43. The van der Waals surface area contributed by atoms with E-state index >= 15 is 0 Å². The first-order valence-electron chi connectivity index (χ1n) is 24.5. The third-order valence-corrected chi connectivity index (χ3v) is 11.5. The molecule has 0 aliphatic rings. The lowest BCUT2D eigenvalue weighted by Crippen LogP contribution is -2.28. The van der Waals surface area contributed by atoms with Crippen LogP contribution in [0.5, 0.6) is 0 Å². The lowest BCUT2D eigenvalue weighted by atomic mass is 10.1. The summed E-state index contributed by atoms with van der Waals surface area (Å²) in [4.78, 5) is 22.5. The van der Waals surface area contributed by atoms with Gasteiger partial charge >= 0.3 is 13.8 Å². The molecule has 0 spiro atoms. The number of allylic oxidation sites excluding steroid dienone is 6. The number of rotatable bonds is 47. The van der Waals surface area contributed by atoms with Gasteiger partial charge in [0, 0.05) is 19.6 Å². The maximum atomic E-state index is 12.6. The van der Waals surface area contributed by atoms with Crippen molar-refractivity contribution in [3.05, 3.63) is 36.5 Å². The highest BCUT2D eigenvalue weighted by atomic mass is 31.2. The van der Waals surface area contributed by atoms with E-state index in [9.17, 15) is 14.3 Å². The largest absolute Gasteiger partial charge is 0.472 e. The summed E-state index contributed by atoms with van der Waals surface area (Å²) in [6, 6.07) is 0. The molecule has 0 radical (unpaired) electrons. The zero-order valence-electron chi connectivity index (χ0n) is 38.0. The molecule has 0 bridgehead atoms. The van der Waals surface area contributed by atoms with Crippen LogP contribution in [0.3, 0.4) is 0 Å². The second-order valence-electron chi connectivity index (χ2n) is 16.3. The molecular formula is C49H94NO7P. The quantitative estimate of drug-likeness (QED) is 0.0269. The molecule has 0 amide bonds. The van der Waals surface area contributed by atoms with Crippen LogP contribution in [0.2, 0.25) is 0 Å². The molecule has 9 heteroatoms. The Morgan fingerprint density at radius 1 is 0.517 bits per heavy atom. The summed E-state index contributed by atoms with van der Waals surface area (Å²) in [6.45, 7) is 4.91. The minimum Gasteiger partial charge on any atom is -0.457 e. The Morgan fingerprint density at radius 2 is 0.914 bits per heavy atom. The summed E-state index contributed by atoms with van der Waals surface area (Å²) in [6.07, 6.45) is 54.5. The molecule has 0 aliphatic heterocycles. The molecule has 58 heavy (non-hydrogen) atoms. The monoisotopic (exact) mass is 840 g/mol. The summed E-state index contributed by atoms with van der Waals surface area (Å²) < 4.78 is 33.5. The lowest BCUT2D eigenvalue weighted by Gasteiger charge is -2.20. The van der Waals surface area contributed by atoms with Crippen LogP contribution in [0.25, 0.3) is 0 Å². The van der Waals surface area contributed by atoms with Crippen LogP contribution in [0, 0.1) is 0 Å². The molecule has 3 N–H and O–H groups in total. The third kappa shape index (κ3) is 45.8. The summed E-state index contributed by atoms with van der Waals surface area (Å²) in [7, 11) is -4.28. The van der Waals surface area contributed by atoms with Crippen molar-refractivity contribution in [1.29, 1.82) is 0 Å². The van der Waals surface area contributed by atoms with Crippen LogP contribution < -0.4 is 5.73 Å². The number of unbranched alkanes of at least 4 members (excludes halogenated alkanes) is 28. The molecule has 2 unspecified atom stereocenters. The predicted octanol–water partition coefficient (Wildman–Crippen LogP) is 15.0. The Balaban J connectivity index is 3.95. The molecule has 0 aromatic rings. The first-order valence-corrected chi connectivity index (χ1v) is 26.0. The molecule has 0 heterocycles. The molecule has 0 aliphatic carbocycles. The molecule has 0 saturated heterocycles. The number of phosphoric ester groups is 1. The summed E-state index contributed by atoms with van der Waals surface area (Å²) in [5.41, 5.74) is 5.38. The molecular weight excluding hydrogens is 746 g/mol. The van der Waals surface area contributed by atoms with E-state index in [-0.39, 0.29) is 32.3 Å². The maximum Gasteiger partial charge on any atom is 0.472 e. The van der Waals surface area contributed by atoms with Crippen molar-refractivity contribution >= 4 is 13.8 Å². The highest BCUT2D eigenvalue weighted by molar-refractivity contribution is 7.47. The van der Waals surface area contributed by atoms with Gasteiger partial charge in [0.1, 0.15) is 6.10 Å². The van der Waals surface area contributed by atoms with Crippen molar-refractivity contribution in [3.8, 4) is 0 Å². The Bertz CT molecular complexity index is 988. The van der Waals surface area contributed by atoms with Gasteiger partial charge in [0.05, 0.1) is 19.8 Å². The van der Waals surface area contributed by atoms with E-state index in [0.717, 1.165) is 44.9 Å². The van der Waals surface area contributed by atoms with Crippen molar-refractivity contribution in [2.45, 2.75) is 238 Å². The fourth-order valence-corrected chi connectivity index (χ4v) is 7.67. The van der Waals surface area contributed by atoms with E-state index in [1.807, 2.05) is 0 Å². The van der Waals surface area contributed by atoms with Gasteiger partial charge in [-0.25, -0.2) is 4.57 Å². The van der Waals surface area contributed by atoms with E-state index in [4.69, 9.17) is 24.3 Å². The Kier molecular flexibility index (Phi) is 45.7. The van der Waals surface area contributed by atoms with Crippen LogP contribution in [0.1, 0.15) is 232 Å². The average molecular weight is 840 g/mol. The fraction of sp³-hybridized carbons (Fsp3) is 0.857. The zero-order chi connectivity index (χ0) is 42.3. The van der Waals surface area contributed by atoms with Gasteiger partial charge in [0.25, 0.3) is 0 Å². The summed E-state index contributed by atoms with van der Waals surface area (Å²) >= 11 is 0. The fourth-order valence-electron chi connectivity index (χ4n) is 6.91. The number of phosphoric acid groups is 1. The molecule has 0 aromatic carbocycles. The third-order valence-electron chi connectivity index (χ3n) is 10.5. The first-order chi connectivity index (χ1) is 28.4. The van der Waals surface area contributed by atoms with Crippen LogP contribution in [0.4, 0.5) is 0 Å². The van der Waals surface area contributed by atoms with E-state index in [0.29, 0.717) is 13.0 Å². The molecule has 0 fully saturated rings. The second-order valence-corrected chi connectivity index (χ2v) is 17.8. The minimum atomic E-state index is -4.28. The Labute approximate surface area is 358 Å². The van der Waals surface area contributed by atoms with Gasteiger partial charge in [-0.1, -0.05) is 192 Å². The van der Waals surface area contributed by atoms with Crippen LogP contribution in [-0.2, 0) is 27.9 Å². The van der Waals surface area contributed by atoms with Gasteiger partial charge in [-0.05, 0) is 70.6 Å². The van der Waals surface area contributed by atoms with E-state index < -0.39 is 13.9 Å². The van der Waals surface area contributed by atoms with Crippen LogP contribution >= 0.6 is 7.82 Å². The van der Waals surface area contributed by atoms with Crippen molar-refractivity contribution in [1.82, 2.24) is 0 Å². The molecule has 0 saturated carbocycles. The highest BCUT2D eigenvalue weighted by Gasteiger charge is 2.25. The van der Waals surface area contributed by atoms with Crippen LogP contribution in [0.15, 0.2) is 36.5 Å². The van der Waals surface area contributed by atoms with E-state index in [1.165, 1.54) is 167 Å². The number of esters is 1. The average Bonchev–Trinajstić information content (AvgIpc) is 3.21. The molecule has 2 atom stereocenters. The molecule has 0 rings (SSSR count). The number of carbonyl (C=O) groups is 1. The topological polar surface area (TPSA) is 117 Å². The summed E-state index contributed by atoms with van der Waals surface area (Å²) in [5, 5.41) is 0. The maximum absolute atomic E-state index is 12.6. The van der Waals surface area contributed by atoms with Gasteiger partial charge in [0.15, 0.2) is 0 Å². The minimum absolute atomic E-state index is 0.0970.